The van der Waals surface area contributed by atoms with Gasteiger partial charge in [0.1, 0.15) is 5.75 Å². The Balaban J connectivity index is 1.35. The molecular formula is C30H32N4O4. The summed E-state index contributed by atoms with van der Waals surface area (Å²) < 4.78 is 11.8. The molecule has 1 unspecified atom stereocenters. The predicted molar refractivity (Wildman–Crippen MR) is 145 cm³/mol. The monoisotopic (exact) mass is 512 g/mol. The maximum Gasteiger partial charge on any atom is 0.321 e. The number of rotatable bonds is 9. The summed E-state index contributed by atoms with van der Waals surface area (Å²) >= 11 is 0. The summed E-state index contributed by atoms with van der Waals surface area (Å²) in [4.78, 5) is 28.3. The highest BCUT2D eigenvalue weighted by Gasteiger charge is 2.24. The Kier molecular flexibility index (Phi) is 9.09. The highest BCUT2D eigenvalue weighted by molar-refractivity contribution is 5.95. The van der Waals surface area contributed by atoms with Gasteiger partial charge in [0.15, 0.2) is 5.78 Å². The number of piperazine rings is 1. The molecule has 1 saturated heterocycles. The van der Waals surface area contributed by atoms with Crippen molar-refractivity contribution in [1.29, 1.82) is 5.26 Å². The Morgan fingerprint density at radius 3 is 2.34 bits per heavy atom. The molecule has 3 aromatic carbocycles. The molecule has 196 valence electrons. The Morgan fingerprint density at radius 2 is 1.71 bits per heavy atom. The molecule has 1 heterocycles. The standard InChI is InChI=1S/C30H32N4O4/c1-22(35)25-10-12-27(13-11-25)32-30(36)34-16-14-33(15-17-34)20-29(26-4-3-5-28(18-26)37-2)38-21-24-8-6-23(19-31)7-9-24/h3-13,18,29H,14-17,20-21H2,1-2H3,(H,32,36). The SMILES string of the molecule is COc1cccc(C(CN2CCN(C(=O)Nc3ccc(C(C)=O)cc3)CC2)OCc2ccc(C#N)cc2)c1. The van der Waals surface area contributed by atoms with Crippen LogP contribution in [-0.4, -0.2) is 61.4 Å². The molecule has 0 saturated carbocycles. The van der Waals surface area contributed by atoms with Crippen LogP contribution in [0.3, 0.4) is 0 Å². The van der Waals surface area contributed by atoms with E-state index in [1.807, 2.05) is 36.4 Å². The van der Waals surface area contributed by atoms with Crippen molar-refractivity contribution in [1.82, 2.24) is 9.80 Å². The number of carbonyl (C=O) groups excluding carboxylic acids is 2. The number of Topliss-reactive ketones (excluding diaryl/α,β-unsaturated/α-hetero) is 1. The van der Waals surface area contributed by atoms with Crippen LogP contribution in [0.1, 0.15) is 40.1 Å². The minimum absolute atomic E-state index is 0.00728. The topological polar surface area (TPSA) is 94.9 Å². The second-order valence-electron chi connectivity index (χ2n) is 9.24. The minimum atomic E-state index is -0.194. The summed E-state index contributed by atoms with van der Waals surface area (Å²) in [6.07, 6.45) is -0.194. The summed E-state index contributed by atoms with van der Waals surface area (Å²) in [5.74, 6) is 0.763. The van der Waals surface area contributed by atoms with Crippen molar-refractivity contribution < 1.29 is 19.1 Å². The molecule has 0 aliphatic carbocycles. The molecule has 0 aromatic heterocycles. The van der Waals surface area contributed by atoms with Gasteiger partial charge in [-0.05, 0) is 66.6 Å². The maximum absolute atomic E-state index is 12.8. The predicted octanol–water partition coefficient (Wildman–Crippen LogP) is 4.88. The fourth-order valence-electron chi connectivity index (χ4n) is 4.33. The van der Waals surface area contributed by atoms with Gasteiger partial charge in [-0.15, -0.1) is 0 Å². The Labute approximate surface area is 223 Å². The van der Waals surface area contributed by atoms with Crippen LogP contribution in [0.5, 0.6) is 5.75 Å². The number of carbonyl (C=O) groups is 2. The number of nitriles is 1. The molecule has 0 spiro atoms. The smallest absolute Gasteiger partial charge is 0.321 e. The minimum Gasteiger partial charge on any atom is -0.497 e. The van der Waals surface area contributed by atoms with Gasteiger partial charge in [0.05, 0.1) is 31.5 Å². The molecule has 3 aromatic rings. The number of benzene rings is 3. The zero-order valence-electron chi connectivity index (χ0n) is 21.7. The molecule has 38 heavy (non-hydrogen) atoms. The van der Waals surface area contributed by atoms with Crippen LogP contribution in [-0.2, 0) is 11.3 Å². The molecule has 0 radical (unpaired) electrons. The molecule has 1 N–H and O–H groups in total. The molecule has 8 nitrogen and oxygen atoms in total. The van der Waals surface area contributed by atoms with Gasteiger partial charge >= 0.3 is 6.03 Å². The zero-order chi connectivity index (χ0) is 26.9. The fraction of sp³-hybridized carbons (Fsp3) is 0.300. The number of ketones is 1. The largest absolute Gasteiger partial charge is 0.497 e. The van der Waals surface area contributed by atoms with E-state index in [1.165, 1.54) is 6.92 Å². The van der Waals surface area contributed by atoms with Crippen molar-refractivity contribution in [2.45, 2.75) is 19.6 Å². The van der Waals surface area contributed by atoms with Crippen molar-refractivity contribution in [3.05, 3.63) is 95.1 Å². The molecule has 1 aliphatic heterocycles. The number of amides is 2. The summed E-state index contributed by atoms with van der Waals surface area (Å²) in [6.45, 7) is 5.23. The first-order valence-corrected chi connectivity index (χ1v) is 12.6. The van der Waals surface area contributed by atoms with E-state index in [4.69, 9.17) is 14.7 Å². The van der Waals surface area contributed by atoms with Gasteiger partial charge in [-0.1, -0.05) is 24.3 Å². The van der Waals surface area contributed by atoms with Crippen LogP contribution in [0, 0.1) is 11.3 Å². The first-order valence-electron chi connectivity index (χ1n) is 12.6. The quantitative estimate of drug-likeness (QED) is 0.411. The number of hydrogen-bond donors (Lipinski definition) is 1. The van der Waals surface area contributed by atoms with Crippen molar-refractivity contribution in [2.75, 3.05) is 45.2 Å². The van der Waals surface area contributed by atoms with Crippen molar-refractivity contribution in [3.63, 3.8) is 0 Å². The van der Waals surface area contributed by atoms with Gasteiger partial charge < -0.3 is 19.7 Å². The summed E-state index contributed by atoms with van der Waals surface area (Å²) in [5, 5.41) is 12.0. The number of nitrogens with zero attached hydrogens (tertiary/aromatic N) is 3. The lowest BCUT2D eigenvalue weighted by molar-refractivity contribution is 0.00584. The molecule has 1 aliphatic rings. The third kappa shape index (κ3) is 7.19. The molecule has 4 rings (SSSR count). The summed E-state index contributed by atoms with van der Waals surface area (Å²) in [7, 11) is 1.65. The van der Waals surface area contributed by atoms with Gasteiger partial charge in [-0.3, -0.25) is 9.69 Å². The number of methoxy groups -OCH3 is 1. The van der Waals surface area contributed by atoms with Gasteiger partial charge in [-0.25, -0.2) is 4.79 Å². The second kappa shape index (κ2) is 12.9. The van der Waals surface area contributed by atoms with Crippen molar-refractivity contribution in [2.24, 2.45) is 0 Å². The van der Waals surface area contributed by atoms with Crippen LogP contribution in [0.4, 0.5) is 10.5 Å². The average Bonchev–Trinajstić information content (AvgIpc) is 2.96. The second-order valence-corrected chi connectivity index (χ2v) is 9.24. The van der Waals surface area contributed by atoms with E-state index in [0.29, 0.717) is 43.1 Å². The van der Waals surface area contributed by atoms with Gasteiger partial charge in [-0.2, -0.15) is 5.26 Å². The number of hydrogen-bond acceptors (Lipinski definition) is 6. The van der Waals surface area contributed by atoms with Gasteiger partial charge in [0.25, 0.3) is 0 Å². The van der Waals surface area contributed by atoms with Crippen LogP contribution >= 0.6 is 0 Å². The third-order valence-corrected chi connectivity index (χ3v) is 6.63. The average molecular weight is 513 g/mol. The third-order valence-electron chi connectivity index (χ3n) is 6.63. The number of anilines is 1. The van der Waals surface area contributed by atoms with Gasteiger partial charge in [0, 0.05) is 44.0 Å². The summed E-state index contributed by atoms with van der Waals surface area (Å²) in [5.41, 5.74) is 3.91. The van der Waals surface area contributed by atoms with Crippen LogP contribution in [0.2, 0.25) is 0 Å². The normalized spacial score (nSPS) is 14.4. The van der Waals surface area contributed by atoms with E-state index in [1.54, 1.807) is 48.4 Å². The Hall–Kier alpha value is -4.19. The van der Waals surface area contributed by atoms with E-state index in [9.17, 15) is 9.59 Å². The molecule has 2 amide bonds. The summed E-state index contributed by atoms with van der Waals surface area (Å²) in [6, 6.07) is 24.2. The molecule has 1 atom stereocenters. The Morgan fingerprint density at radius 1 is 1.00 bits per heavy atom. The van der Waals surface area contributed by atoms with Crippen LogP contribution in [0.15, 0.2) is 72.8 Å². The van der Waals surface area contributed by atoms with E-state index in [2.05, 4.69) is 16.3 Å². The molecule has 0 bridgehead atoms. The first-order chi connectivity index (χ1) is 18.4. The lowest BCUT2D eigenvalue weighted by Gasteiger charge is -2.36. The number of nitrogens with one attached hydrogen (secondary N) is 1. The van der Waals surface area contributed by atoms with E-state index in [-0.39, 0.29) is 17.9 Å². The highest BCUT2D eigenvalue weighted by Crippen LogP contribution is 2.25. The fourth-order valence-corrected chi connectivity index (χ4v) is 4.33. The van der Waals surface area contributed by atoms with E-state index < -0.39 is 0 Å². The molecular weight excluding hydrogens is 480 g/mol. The lowest BCUT2D eigenvalue weighted by atomic mass is 10.1. The van der Waals surface area contributed by atoms with E-state index >= 15 is 0 Å². The Bertz CT molecular complexity index is 1280. The molecule has 1 fully saturated rings. The van der Waals surface area contributed by atoms with E-state index in [0.717, 1.165) is 30.0 Å². The van der Waals surface area contributed by atoms with Crippen LogP contribution in [0.25, 0.3) is 0 Å². The van der Waals surface area contributed by atoms with Crippen LogP contribution < -0.4 is 10.1 Å². The van der Waals surface area contributed by atoms with Crippen molar-refractivity contribution in [3.8, 4) is 11.8 Å². The first kappa shape index (κ1) is 26.9. The zero-order valence-corrected chi connectivity index (χ0v) is 21.7. The lowest BCUT2D eigenvalue weighted by Crippen LogP contribution is -2.50. The number of urea groups is 1. The van der Waals surface area contributed by atoms with Crippen molar-refractivity contribution >= 4 is 17.5 Å². The number of ether oxygens (including phenoxy) is 2. The maximum atomic E-state index is 12.8. The highest BCUT2D eigenvalue weighted by atomic mass is 16.5. The molecule has 8 heteroatoms. The van der Waals surface area contributed by atoms with Gasteiger partial charge in [0.2, 0.25) is 0 Å².